The van der Waals surface area contributed by atoms with Gasteiger partial charge in [-0.25, -0.2) is 0 Å². The summed E-state index contributed by atoms with van der Waals surface area (Å²) in [6.07, 6.45) is 3.76. The molecule has 4 nitrogen and oxygen atoms in total. The smallest absolute Gasteiger partial charge is 0.309 e. The predicted octanol–water partition coefficient (Wildman–Crippen LogP) is 1.76. The lowest BCUT2D eigenvalue weighted by molar-refractivity contribution is -0.139. The van der Waals surface area contributed by atoms with Gasteiger partial charge in [0.15, 0.2) is 0 Å². The lowest BCUT2D eigenvalue weighted by Crippen LogP contribution is -1.96. The Morgan fingerprint density at radius 3 is 2.76 bits per heavy atom. The molecule has 0 unspecified atom stereocenters. The van der Waals surface area contributed by atoms with Crippen molar-refractivity contribution in [1.29, 1.82) is 0 Å². The van der Waals surface area contributed by atoms with E-state index in [0.717, 1.165) is 11.1 Å². The third kappa shape index (κ3) is 3.92. The van der Waals surface area contributed by atoms with E-state index in [1.54, 1.807) is 31.4 Å². The molecule has 0 bridgehead atoms. The van der Waals surface area contributed by atoms with Crippen molar-refractivity contribution in [3.63, 3.8) is 0 Å². The highest BCUT2D eigenvalue weighted by atomic mass is 16.5. The number of rotatable bonds is 5. The maximum absolute atomic E-state index is 10.9. The predicted molar refractivity (Wildman–Crippen MR) is 64.6 cm³/mol. The van der Waals surface area contributed by atoms with Gasteiger partial charge in [-0.15, -0.1) is 0 Å². The molecule has 0 aromatic heterocycles. The Labute approximate surface area is 100 Å². The number of methoxy groups -OCH3 is 2. The van der Waals surface area contributed by atoms with E-state index in [1.165, 1.54) is 7.11 Å². The molecule has 0 fully saturated rings. The topological polar surface area (TPSA) is 55.8 Å². The van der Waals surface area contributed by atoms with Crippen LogP contribution in [0, 0.1) is 0 Å². The summed E-state index contributed by atoms with van der Waals surface area (Å²) in [4.78, 5) is 10.9. The molecule has 4 heteroatoms. The minimum Gasteiger partial charge on any atom is -0.496 e. The van der Waals surface area contributed by atoms with Crippen LogP contribution >= 0.6 is 0 Å². The lowest BCUT2D eigenvalue weighted by Gasteiger charge is -2.06. The van der Waals surface area contributed by atoms with Crippen LogP contribution in [0.2, 0.25) is 0 Å². The van der Waals surface area contributed by atoms with Crippen molar-refractivity contribution in [2.45, 2.75) is 13.0 Å². The fourth-order valence-corrected chi connectivity index (χ4v) is 1.37. The van der Waals surface area contributed by atoms with E-state index in [2.05, 4.69) is 4.74 Å². The van der Waals surface area contributed by atoms with Gasteiger partial charge in [0.1, 0.15) is 5.75 Å². The zero-order chi connectivity index (χ0) is 12.7. The van der Waals surface area contributed by atoms with Gasteiger partial charge in [-0.2, -0.15) is 0 Å². The van der Waals surface area contributed by atoms with Crippen molar-refractivity contribution in [1.82, 2.24) is 0 Å². The molecule has 1 aromatic carbocycles. The fraction of sp³-hybridized carbons (Fsp3) is 0.308. The highest BCUT2D eigenvalue weighted by Gasteiger charge is 2.01. The van der Waals surface area contributed by atoms with Crippen LogP contribution in [0.5, 0.6) is 5.75 Å². The van der Waals surface area contributed by atoms with Gasteiger partial charge in [0.05, 0.1) is 27.2 Å². The van der Waals surface area contributed by atoms with Gasteiger partial charge >= 0.3 is 5.97 Å². The SMILES string of the molecule is COC(=O)CC=Cc1ccc(CO)c(OC)c1. The quantitative estimate of drug-likeness (QED) is 0.791. The summed E-state index contributed by atoms with van der Waals surface area (Å²) < 4.78 is 9.66. The second-order valence-corrected chi connectivity index (χ2v) is 3.41. The minimum absolute atomic E-state index is 0.0602. The highest BCUT2D eigenvalue weighted by Crippen LogP contribution is 2.20. The number of hydrogen-bond acceptors (Lipinski definition) is 4. The van der Waals surface area contributed by atoms with Gasteiger partial charge in [-0.1, -0.05) is 24.3 Å². The first kappa shape index (κ1) is 13.3. The van der Waals surface area contributed by atoms with Crippen LogP contribution in [-0.4, -0.2) is 25.3 Å². The fourth-order valence-electron chi connectivity index (χ4n) is 1.37. The average molecular weight is 236 g/mol. The number of esters is 1. The number of carbonyl (C=O) groups excluding carboxylic acids is 1. The van der Waals surface area contributed by atoms with Crippen molar-refractivity contribution in [2.24, 2.45) is 0 Å². The first-order valence-corrected chi connectivity index (χ1v) is 5.22. The standard InChI is InChI=1S/C13H16O4/c1-16-12-8-10(6-7-11(12)9-14)4-3-5-13(15)17-2/h3-4,6-8,14H,5,9H2,1-2H3. The molecule has 1 aromatic rings. The molecule has 0 saturated heterocycles. The van der Waals surface area contributed by atoms with Crippen molar-refractivity contribution >= 4 is 12.0 Å². The molecule has 0 saturated carbocycles. The molecule has 0 aliphatic carbocycles. The Hall–Kier alpha value is -1.81. The van der Waals surface area contributed by atoms with Crippen molar-refractivity contribution in [3.8, 4) is 5.75 Å². The van der Waals surface area contributed by atoms with Gasteiger partial charge in [0.25, 0.3) is 0 Å². The Kier molecular flexibility index (Phi) is 5.23. The maximum Gasteiger partial charge on any atom is 0.309 e. The van der Waals surface area contributed by atoms with Crippen LogP contribution in [-0.2, 0) is 16.1 Å². The summed E-state index contributed by atoms with van der Waals surface area (Å²) in [5.41, 5.74) is 1.64. The van der Waals surface area contributed by atoms with Gasteiger partial charge in [-0.3, -0.25) is 4.79 Å². The van der Waals surface area contributed by atoms with Crippen molar-refractivity contribution in [3.05, 3.63) is 35.4 Å². The number of aliphatic hydroxyl groups excluding tert-OH is 1. The van der Waals surface area contributed by atoms with Gasteiger partial charge in [0.2, 0.25) is 0 Å². The largest absolute Gasteiger partial charge is 0.496 e. The summed E-state index contributed by atoms with van der Waals surface area (Å²) in [6.45, 7) is -0.0602. The van der Waals surface area contributed by atoms with Crippen molar-refractivity contribution in [2.75, 3.05) is 14.2 Å². The molecule has 0 spiro atoms. The summed E-state index contributed by atoms with van der Waals surface area (Å²) in [6, 6.07) is 5.44. The third-order valence-electron chi connectivity index (χ3n) is 2.30. The van der Waals surface area contributed by atoms with E-state index in [0.29, 0.717) is 5.75 Å². The molecule has 17 heavy (non-hydrogen) atoms. The molecule has 1 rings (SSSR count). The molecule has 0 aliphatic heterocycles. The van der Waals surface area contributed by atoms with Gasteiger partial charge in [0, 0.05) is 5.56 Å². The van der Waals surface area contributed by atoms with Gasteiger partial charge in [-0.05, 0) is 11.6 Å². The van der Waals surface area contributed by atoms with Crippen LogP contribution in [0.3, 0.4) is 0 Å². The molecule has 1 N–H and O–H groups in total. The number of hydrogen-bond donors (Lipinski definition) is 1. The van der Waals surface area contributed by atoms with E-state index in [9.17, 15) is 4.79 Å². The molecular weight excluding hydrogens is 220 g/mol. The maximum atomic E-state index is 10.9. The normalized spacial score (nSPS) is 10.5. The second kappa shape index (κ2) is 6.70. The van der Waals surface area contributed by atoms with Crippen LogP contribution in [0.4, 0.5) is 0 Å². The third-order valence-corrected chi connectivity index (χ3v) is 2.30. The Bertz CT molecular complexity index is 410. The van der Waals surface area contributed by atoms with Crippen molar-refractivity contribution < 1.29 is 19.4 Å². The number of ether oxygens (including phenoxy) is 2. The first-order valence-electron chi connectivity index (χ1n) is 5.22. The first-order chi connectivity index (χ1) is 8.21. The summed E-state index contributed by atoms with van der Waals surface area (Å²) in [7, 11) is 2.91. The van der Waals surface area contributed by atoms with Crippen LogP contribution in [0.15, 0.2) is 24.3 Å². The Balaban J connectivity index is 2.75. The minimum atomic E-state index is -0.278. The number of carbonyl (C=O) groups is 1. The van der Waals surface area contributed by atoms with E-state index in [4.69, 9.17) is 9.84 Å². The summed E-state index contributed by atoms with van der Waals surface area (Å²) in [5, 5.41) is 9.06. The summed E-state index contributed by atoms with van der Waals surface area (Å²) >= 11 is 0. The van der Waals surface area contributed by atoms with Crippen LogP contribution in [0.25, 0.3) is 6.08 Å². The molecule has 0 atom stereocenters. The van der Waals surface area contributed by atoms with E-state index < -0.39 is 0 Å². The Morgan fingerprint density at radius 2 is 2.18 bits per heavy atom. The van der Waals surface area contributed by atoms with E-state index in [1.807, 2.05) is 6.07 Å². The monoisotopic (exact) mass is 236 g/mol. The molecule has 0 heterocycles. The molecule has 92 valence electrons. The summed E-state index contributed by atoms with van der Waals surface area (Å²) in [5.74, 6) is 0.355. The van der Waals surface area contributed by atoms with Crippen LogP contribution < -0.4 is 4.74 Å². The van der Waals surface area contributed by atoms with Gasteiger partial charge < -0.3 is 14.6 Å². The second-order valence-electron chi connectivity index (χ2n) is 3.41. The zero-order valence-electron chi connectivity index (χ0n) is 9.97. The average Bonchev–Trinajstić information content (AvgIpc) is 2.38. The number of aliphatic hydroxyl groups is 1. The molecular formula is C13H16O4. The zero-order valence-corrected chi connectivity index (χ0v) is 9.97. The highest BCUT2D eigenvalue weighted by molar-refractivity contribution is 5.72. The van der Waals surface area contributed by atoms with Crippen LogP contribution in [0.1, 0.15) is 17.5 Å². The number of benzene rings is 1. The lowest BCUT2D eigenvalue weighted by atomic mass is 10.1. The van der Waals surface area contributed by atoms with E-state index in [-0.39, 0.29) is 19.0 Å². The molecule has 0 amide bonds. The Morgan fingerprint density at radius 1 is 1.41 bits per heavy atom. The van der Waals surface area contributed by atoms with E-state index >= 15 is 0 Å². The molecule has 0 aliphatic rings. The molecule has 0 radical (unpaired) electrons.